The molecule has 98 valence electrons. The van der Waals surface area contributed by atoms with Gasteiger partial charge < -0.3 is 4.74 Å². The summed E-state index contributed by atoms with van der Waals surface area (Å²) in [5, 5.41) is 10.3. The second kappa shape index (κ2) is 6.86. The third-order valence-corrected chi connectivity index (χ3v) is 2.44. The van der Waals surface area contributed by atoms with Gasteiger partial charge in [-0.25, -0.2) is 4.39 Å². The average molecular weight is 253 g/mol. The number of rotatable bonds is 6. The molecule has 0 saturated carbocycles. The van der Waals surface area contributed by atoms with Crippen LogP contribution in [0.2, 0.25) is 0 Å². The summed E-state index contributed by atoms with van der Waals surface area (Å²) >= 11 is 0. The van der Waals surface area contributed by atoms with Gasteiger partial charge in [0.1, 0.15) is 5.82 Å². The highest BCUT2D eigenvalue weighted by atomic mass is 19.1. The van der Waals surface area contributed by atoms with Crippen LogP contribution in [0.5, 0.6) is 0 Å². The van der Waals surface area contributed by atoms with E-state index < -0.39 is 11.0 Å². The number of hydrogen-bond donors (Lipinski definition) is 0. The van der Waals surface area contributed by atoms with Crippen molar-refractivity contribution in [1.82, 2.24) is 0 Å². The smallest absolute Gasteiger partial charge is 0.233 e. The summed E-state index contributed by atoms with van der Waals surface area (Å²) < 4.78 is 18.8. The predicted molar refractivity (Wildman–Crippen MR) is 65.9 cm³/mol. The molecule has 5 heteroatoms. The van der Waals surface area contributed by atoms with Crippen LogP contribution in [0.4, 0.5) is 4.39 Å². The van der Waals surface area contributed by atoms with Crippen molar-refractivity contribution in [1.29, 1.82) is 0 Å². The van der Waals surface area contributed by atoms with E-state index in [9.17, 15) is 14.5 Å². The molecule has 0 bridgehead atoms. The number of ether oxygens (including phenoxy) is 1. The van der Waals surface area contributed by atoms with Gasteiger partial charge in [0, 0.05) is 11.6 Å². The summed E-state index contributed by atoms with van der Waals surface area (Å²) in [7, 11) is 0. The van der Waals surface area contributed by atoms with E-state index in [-0.39, 0.29) is 18.3 Å². The predicted octanol–water partition coefficient (Wildman–Crippen LogP) is 3.16. The van der Waals surface area contributed by atoms with Gasteiger partial charge in [-0.15, -0.1) is 0 Å². The molecule has 1 aromatic carbocycles. The van der Waals surface area contributed by atoms with Crippen molar-refractivity contribution in [3.05, 3.63) is 58.0 Å². The van der Waals surface area contributed by atoms with Crippen molar-refractivity contribution in [2.45, 2.75) is 26.6 Å². The molecular weight excluding hydrogens is 237 g/mol. The maximum Gasteiger partial charge on any atom is 0.233 e. The Kier molecular flexibility index (Phi) is 5.45. The Morgan fingerprint density at radius 3 is 2.67 bits per heavy atom. The molecule has 1 rings (SSSR count). The minimum absolute atomic E-state index is 0.0768. The molecule has 0 aromatic heterocycles. The van der Waals surface area contributed by atoms with Crippen LogP contribution >= 0.6 is 0 Å². The summed E-state index contributed by atoms with van der Waals surface area (Å²) in [5.41, 5.74) is 0.442. The number of halogens is 1. The van der Waals surface area contributed by atoms with E-state index in [1.54, 1.807) is 18.2 Å². The lowest BCUT2D eigenvalue weighted by Crippen LogP contribution is -2.17. The van der Waals surface area contributed by atoms with Crippen molar-refractivity contribution < 1.29 is 14.1 Å². The molecular formula is C13H16FNO3. The minimum atomic E-state index is -0.540. The SMILES string of the molecule is CC(C)[C@@H](/C=C/[N+](=O)[O-])OCc1ccccc1F. The molecule has 1 atom stereocenters. The van der Waals surface area contributed by atoms with Gasteiger partial charge in [0.05, 0.1) is 17.6 Å². The van der Waals surface area contributed by atoms with Crippen LogP contribution < -0.4 is 0 Å². The Morgan fingerprint density at radius 2 is 2.11 bits per heavy atom. The Hall–Kier alpha value is -1.75. The van der Waals surface area contributed by atoms with Gasteiger partial charge >= 0.3 is 0 Å². The van der Waals surface area contributed by atoms with Crippen LogP contribution in [0.15, 0.2) is 36.5 Å². The summed E-state index contributed by atoms with van der Waals surface area (Å²) in [6.45, 7) is 3.87. The maximum absolute atomic E-state index is 13.3. The second-order valence-electron chi connectivity index (χ2n) is 4.24. The normalized spacial score (nSPS) is 13.1. The van der Waals surface area contributed by atoms with E-state index in [2.05, 4.69) is 0 Å². The fourth-order valence-corrected chi connectivity index (χ4v) is 1.43. The molecule has 0 saturated heterocycles. The van der Waals surface area contributed by atoms with Crippen LogP contribution in [-0.4, -0.2) is 11.0 Å². The van der Waals surface area contributed by atoms with Crippen LogP contribution in [-0.2, 0) is 11.3 Å². The van der Waals surface area contributed by atoms with Crippen molar-refractivity contribution in [3.8, 4) is 0 Å². The Morgan fingerprint density at radius 1 is 1.44 bits per heavy atom. The number of nitro groups is 1. The largest absolute Gasteiger partial charge is 0.369 e. The van der Waals surface area contributed by atoms with E-state index >= 15 is 0 Å². The number of nitrogens with zero attached hydrogens (tertiary/aromatic N) is 1. The lowest BCUT2D eigenvalue weighted by atomic mass is 10.1. The van der Waals surface area contributed by atoms with Crippen LogP contribution in [0.3, 0.4) is 0 Å². The zero-order valence-corrected chi connectivity index (χ0v) is 10.4. The van der Waals surface area contributed by atoms with E-state index in [1.807, 2.05) is 13.8 Å². The standard InChI is InChI=1S/C13H16FNO3/c1-10(2)13(7-8-15(16)17)18-9-11-5-3-4-6-12(11)14/h3-8,10,13H,9H2,1-2H3/b8-7+/t13-/m1/s1. The van der Waals surface area contributed by atoms with Gasteiger partial charge in [0.2, 0.25) is 6.20 Å². The fourth-order valence-electron chi connectivity index (χ4n) is 1.43. The first-order chi connectivity index (χ1) is 8.50. The number of benzene rings is 1. The first-order valence-corrected chi connectivity index (χ1v) is 5.67. The minimum Gasteiger partial charge on any atom is -0.369 e. The molecule has 0 radical (unpaired) electrons. The molecule has 0 heterocycles. The molecule has 0 fully saturated rings. The molecule has 0 amide bonds. The zero-order chi connectivity index (χ0) is 13.5. The maximum atomic E-state index is 13.3. The van der Waals surface area contributed by atoms with E-state index in [0.717, 1.165) is 6.20 Å². The van der Waals surface area contributed by atoms with Crippen LogP contribution in [0.1, 0.15) is 19.4 Å². The topological polar surface area (TPSA) is 52.4 Å². The van der Waals surface area contributed by atoms with E-state index in [0.29, 0.717) is 5.56 Å². The van der Waals surface area contributed by atoms with Gasteiger partial charge in [0.15, 0.2) is 0 Å². The first kappa shape index (κ1) is 14.3. The van der Waals surface area contributed by atoms with Gasteiger partial charge in [-0.1, -0.05) is 32.0 Å². The lowest BCUT2D eigenvalue weighted by molar-refractivity contribution is -0.403. The average Bonchev–Trinajstić information content (AvgIpc) is 2.30. The van der Waals surface area contributed by atoms with Crippen molar-refractivity contribution in [3.63, 3.8) is 0 Å². The molecule has 0 N–H and O–H groups in total. The van der Waals surface area contributed by atoms with Gasteiger partial charge in [-0.3, -0.25) is 10.1 Å². The van der Waals surface area contributed by atoms with Gasteiger partial charge in [-0.05, 0) is 12.0 Å². The Bertz CT molecular complexity index is 432. The quantitative estimate of drug-likeness (QED) is 0.578. The summed E-state index contributed by atoms with van der Waals surface area (Å²) in [6, 6.07) is 6.31. The summed E-state index contributed by atoms with van der Waals surface area (Å²) in [4.78, 5) is 9.72. The summed E-state index contributed by atoms with van der Waals surface area (Å²) in [5.74, 6) is -0.258. The van der Waals surface area contributed by atoms with Crippen LogP contribution in [0, 0.1) is 21.8 Å². The highest BCUT2D eigenvalue weighted by Gasteiger charge is 2.13. The van der Waals surface area contributed by atoms with Gasteiger partial charge in [-0.2, -0.15) is 0 Å². The molecule has 0 aliphatic heterocycles. The zero-order valence-electron chi connectivity index (χ0n) is 10.4. The molecule has 0 spiro atoms. The van der Waals surface area contributed by atoms with E-state index in [1.165, 1.54) is 12.1 Å². The molecule has 0 aliphatic carbocycles. The number of hydrogen-bond acceptors (Lipinski definition) is 3. The fraction of sp³-hybridized carbons (Fsp3) is 0.385. The molecule has 0 aliphatic rings. The highest BCUT2D eigenvalue weighted by Crippen LogP contribution is 2.14. The molecule has 1 aromatic rings. The molecule has 4 nitrogen and oxygen atoms in total. The monoisotopic (exact) mass is 253 g/mol. The Labute approximate surface area is 105 Å². The first-order valence-electron chi connectivity index (χ1n) is 5.67. The molecule has 18 heavy (non-hydrogen) atoms. The van der Waals surface area contributed by atoms with Crippen molar-refractivity contribution in [2.24, 2.45) is 5.92 Å². The van der Waals surface area contributed by atoms with Crippen molar-refractivity contribution in [2.75, 3.05) is 0 Å². The second-order valence-corrected chi connectivity index (χ2v) is 4.24. The lowest BCUT2D eigenvalue weighted by Gasteiger charge is -2.17. The third-order valence-electron chi connectivity index (χ3n) is 2.44. The molecule has 0 unspecified atom stereocenters. The highest BCUT2D eigenvalue weighted by molar-refractivity contribution is 5.16. The Balaban J connectivity index is 2.63. The summed E-state index contributed by atoms with van der Waals surface area (Å²) in [6.07, 6.45) is 1.83. The van der Waals surface area contributed by atoms with Crippen molar-refractivity contribution >= 4 is 0 Å². The van der Waals surface area contributed by atoms with Crippen LogP contribution in [0.25, 0.3) is 0 Å². The van der Waals surface area contributed by atoms with Gasteiger partial charge in [0.25, 0.3) is 0 Å². The van der Waals surface area contributed by atoms with E-state index in [4.69, 9.17) is 4.74 Å². The third kappa shape index (κ3) is 4.63.